The Hall–Kier alpha value is -2.84. The zero-order valence-corrected chi connectivity index (χ0v) is 17.4. The summed E-state index contributed by atoms with van der Waals surface area (Å²) < 4.78 is 10.2. The average molecular weight is 402 g/mol. The molecule has 0 radical (unpaired) electrons. The summed E-state index contributed by atoms with van der Waals surface area (Å²) in [5.74, 6) is 0.776. The number of rotatable bonds is 11. The number of nitrogens with zero attached hydrogens (tertiary/aromatic N) is 2. The van der Waals surface area contributed by atoms with Crippen molar-refractivity contribution in [2.75, 3.05) is 52.8 Å². The van der Waals surface area contributed by atoms with Crippen molar-refractivity contribution in [1.82, 2.24) is 15.5 Å². The summed E-state index contributed by atoms with van der Waals surface area (Å²) >= 11 is 0. The number of ether oxygens (including phenoxy) is 1. The van der Waals surface area contributed by atoms with Crippen molar-refractivity contribution in [3.8, 4) is 0 Å². The van der Waals surface area contributed by atoms with Crippen molar-refractivity contribution < 1.29 is 13.9 Å². The Morgan fingerprint density at radius 1 is 1.17 bits per heavy atom. The number of anilines is 1. The Labute approximate surface area is 172 Å². The molecule has 3 N–H and O–H groups in total. The zero-order chi connectivity index (χ0) is 20.9. The van der Waals surface area contributed by atoms with Crippen LogP contribution in [-0.2, 0) is 11.3 Å². The van der Waals surface area contributed by atoms with E-state index < -0.39 is 0 Å². The molecule has 1 amide bonds. The molecule has 0 fully saturated rings. The molecule has 0 atom stereocenters. The highest BCUT2D eigenvalue weighted by Crippen LogP contribution is 2.11. The molecule has 1 aromatic carbocycles. The van der Waals surface area contributed by atoms with Gasteiger partial charge in [-0.3, -0.25) is 9.79 Å². The third-order valence-electron chi connectivity index (χ3n) is 4.31. The SMILES string of the molecule is CN=C(NCCN(C)CCCOC)NCc1ccc(NC(=O)c2ccco2)cc1. The molecule has 0 saturated heterocycles. The van der Waals surface area contributed by atoms with Crippen molar-refractivity contribution in [2.24, 2.45) is 4.99 Å². The van der Waals surface area contributed by atoms with Crippen LogP contribution in [-0.4, -0.2) is 64.2 Å². The van der Waals surface area contributed by atoms with Gasteiger partial charge in [0.25, 0.3) is 5.91 Å². The number of carbonyl (C=O) groups is 1. The molecule has 0 saturated carbocycles. The molecule has 8 nitrogen and oxygen atoms in total. The predicted molar refractivity (Wildman–Crippen MR) is 115 cm³/mol. The number of aliphatic imine (C=N–C) groups is 1. The molecule has 2 aromatic rings. The third-order valence-corrected chi connectivity index (χ3v) is 4.31. The van der Waals surface area contributed by atoms with Crippen LogP contribution in [0.25, 0.3) is 0 Å². The fourth-order valence-electron chi connectivity index (χ4n) is 2.67. The molecule has 0 spiro atoms. The number of nitrogens with one attached hydrogen (secondary N) is 3. The Kier molecular flexibility index (Phi) is 9.74. The molecule has 158 valence electrons. The Bertz CT molecular complexity index is 744. The van der Waals surface area contributed by atoms with Gasteiger partial charge in [-0.2, -0.15) is 0 Å². The molecule has 0 aliphatic carbocycles. The fraction of sp³-hybridized carbons (Fsp3) is 0.429. The maximum atomic E-state index is 12.0. The van der Waals surface area contributed by atoms with Gasteiger partial charge in [0, 0.05) is 52.6 Å². The molecule has 0 unspecified atom stereocenters. The number of hydrogen-bond acceptors (Lipinski definition) is 5. The first kappa shape index (κ1) is 22.4. The molecule has 0 aliphatic rings. The lowest BCUT2D eigenvalue weighted by atomic mass is 10.2. The van der Waals surface area contributed by atoms with E-state index in [1.807, 2.05) is 24.3 Å². The van der Waals surface area contributed by atoms with Gasteiger partial charge in [0.1, 0.15) is 0 Å². The number of likely N-dealkylation sites (N-methyl/N-ethyl adjacent to an activating group) is 1. The van der Waals surface area contributed by atoms with Gasteiger partial charge in [-0.1, -0.05) is 12.1 Å². The van der Waals surface area contributed by atoms with Crippen LogP contribution in [0, 0.1) is 0 Å². The Morgan fingerprint density at radius 2 is 1.97 bits per heavy atom. The summed E-state index contributed by atoms with van der Waals surface area (Å²) in [6.07, 6.45) is 2.50. The third kappa shape index (κ3) is 8.37. The van der Waals surface area contributed by atoms with Crippen LogP contribution in [0.4, 0.5) is 5.69 Å². The van der Waals surface area contributed by atoms with Crippen molar-refractivity contribution in [3.05, 3.63) is 54.0 Å². The van der Waals surface area contributed by atoms with Crippen LogP contribution < -0.4 is 16.0 Å². The minimum atomic E-state index is -0.266. The van der Waals surface area contributed by atoms with Gasteiger partial charge < -0.3 is 30.0 Å². The van der Waals surface area contributed by atoms with Gasteiger partial charge in [0.05, 0.1) is 6.26 Å². The van der Waals surface area contributed by atoms with E-state index in [2.05, 4.69) is 32.9 Å². The van der Waals surface area contributed by atoms with Gasteiger partial charge >= 0.3 is 0 Å². The zero-order valence-electron chi connectivity index (χ0n) is 17.4. The first-order valence-electron chi connectivity index (χ1n) is 9.68. The normalized spacial score (nSPS) is 11.5. The van der Waals surface area contributed by atoms with Gasteiger partial charge in [-0.25, -0.2) is 0 Å². The summed E-state index contributed by atoms with van der Waals surface area (Å²) in [7, 11) is 5.58. The maximum Gasteiger partial charge on any atom is 0.291 e. The van der Waals surface area contributed by atoms with E-state index in [1.54, 1.807) is 26.3 Å². The number of guanidine groups is 1. The smallest absolute Gasteiger partial charge is 0.291 e. The Balaban J connectivity index is 1.70. The summed E-state index contributed by atoms with van der Waals surface area (Å²) in [6, 6.07) is 11.0. The standard InChI is InChI=1S/C21H31N5O3/c1-22-21(23-11-13-26(2)12-5-14-28-3)24-16-17-7-9-18(10-8-17)25-20(27)19-6-4-15-29-19/h4,6-10,15H,5,11-14,16H2,1-3H3,(H,25,27)(H2,22,23,24). The van der Waals surface area contributed by atoms with Crippen molar-refractivity contribution in [3.63, 3.8) is 0 Å². The van der Waals surface area contributed by atoms with E-state index in [0.717, 1.165) is 44.2 Å². The van der Waals surface area contributed by atoms with Gasteiger partial charge in [0.15, 0.2) is 11.7 Å². The lowest BCUT2D eigenvalue weighted by Gasteiger charge is -2.18. The highest BCUT2D eigenvalue weighted by Gasteiger charge is 2.08. The van der Waals surface area contributed by atoms with Crippen LogP contribution in [0.2, 0.25) is 0 Å². The molecule has 29 heavy (non-hydrogen) atoms. The van der Waals surface area contributed by atoms with E-state index in [0.29, 0.717) is 12.2 Å². The van der Waals surface area contributed by atoms with Crippen LogP contribution in [0.3, 0.4) is 0 Å². The minimum absolute atomic E-state index is 0.266. The second kappa shape index (κ2) is 12.6. The first-order valence-corrected chi connectivity index (χ1v) is 9.68. The number of methoxy groups -OCH3 is 1. The summed E-state index contributed by atoms with van der Waals surface area (Å²) in [5, 5.41) is 9.41. The van der Waals surface area contributed by atoms with Gasteiger partial charge in [0.2, 0.25) is 0 Å². The van der Waals surface area contributed by atoms with E-state index in [-0.39, 0.29) is 11.7 Å². The first-order chi connectivity index (χ1) is 14.1. The number of amides is 1. The number of benzene rings is 1. The van der Waals surface area contributed by atoms with E-state index in [1.165, 1.54) is 6.26 Å². The predicted octanol–water partition coefficient (Wildman–Crippen LogP) is 2.17. The molecule has 1 heterocycles. The Morgan fingerprint density at radius 3 is 2.62 bits per heavy atom. The molecular formula is C21H31N5O3. The molecule has 0 aliphatic heterocycles. The average Bonchev–Trinajstić information content (AvgIpc) is 3.27. The molecular weight excluding hydrogens is 370 g/mol. The molecule has 8 heteroatoms. The van der Waals surface area contributed by atoms with Gasteiger partial charge in [-0.15, -0.1) is 0 Å². The monoisotopic (exact) mass is 401 g/mol. The largest absolute Gasteiger partial charge is 0.459 e. The van der Waals surface area contributed by atoms with Crippen molar-refractivity contribution in [1.29, 1.82) is 0 Å². The molecule has 2 rings (SSSR count). The lowest BCUT2D eigenvalue weighted by Crippen LogP contribution is -2.40. The minimum Gasteiger partial charge on any atom is -0.459 e. The van der Waals surface area contributed by atoms with E-state index in [9.17, 15) is 4.79 Å². The van der Waals surface area contributed by atoms with Crippen LogP contribution in [0.1, 0.15) is 22.5 Å². The number of hydrogen-bond donors (Lipinski definition) is 3. The topological polar surface area (TPSA) is 91.1 Å². The van der Waals surface area contributed by atoms with Crippen molar-refractivity contribution >= 4 is 17.6 Å². The number of furan rings is 1. The summed E-state index contributed by atoms with van der Waals surface area (Å²) in [4.78, 5) is 18.5. The quantitative estimate of drug-likeness (QED) is 0.304. The van der Waals surface area contributed by atoms with Crippen LogP contribution in [0.15, 0.2) is 52.1 Å². The van der Waals surface area contributed by atoms with E-state index >= 15 is 0 Å². The van der Waals surface area contributed by atoms with Crippen molar-refractivity contribution in [2.45, 2.75) is 13.0 Å². The van der Waals surface area contributed by atoms with Crippen LogP contribution >= 0.6 is 0 Å². The highest BCUT2D eigenvalue weighted by atomic mass is 16.5. The van der Waals surface area contributed by atoms with Gasteiger partial charge in [-0.05, 0) is 43.3 Å². The fourth-order valence-corrected chi connectivity index (χ4v) is 2.67. The maximum absolute atomic E-state index is 12.0. The second-order valence-corrected chi connectivity index (χ2v) is 6.63. The second-order valence-electron chi connectivity index (χ2n) is 6.63. The van der Waals surface area contributed by atoms with E-state index in [4.69, 9.17) is 9.15 Å². The highest BCUT2D eigenvalue weighted by molar-refractivity contribution is 6.02. The lowest BCUT2D eigenvalue weighted by molar-refractivity contribution is 0.0996. The summed E-state index contributed by atoms with van der Waals surface area (Å²) in [6.45, 7) is 4.15. The molecule has 0 bridgehead atoms. The summed E-state index contributed by atoms with van der Waals surface area (Å²) in [5.41, 5.74) is 1.80. The number of carbonyl (C=O) groups excluding carboxylic acids is 1. The van der Waals surface area contributed by atoms with Crippen LogP contribution in [0.5, 0.6) is 0 Å². The molecule has 1 aromatic heterocycles.